The molecule has 3 amide bonds. The van der Waals surface area contributed by atoms with Crippen LogP contribution in [0.1, 0.15) is 36.8 Å². The molecule has 1 fully saturated rings. The molecule has 0 radical (unpaired) electrons. The molecule has 3 rings (SSSR count). The van der Waals surface area contributed by atoms with Gasteiger partial charge in [-0.05, 0) is 48.9 Å². The number of carbonyl (C=O) groups excluding carboxylic acids is 3. The van der Waals surface area contributed by atoms with E-state index in [2.05, 4.69) is 15.6 Å². The van der Waals surface area contributed by atoms with Crippen molar-refractivity contribution in [2.24, 2.45) is 16.5 Å². The maximum Gasteiger partial charge on any atom is 0.410 e. The Morgan fingerprint density at radius 3 is 2.49 bits per heavy atom. The van der Waals surface area contributed by atoms with Gasteiger partial charge >= 0.3 is 6.09 Å². The summed E-state index contributed by atoms with van der Waals surface area (Å²) in [5.41, 5.74) is 12.8. The predicted octanol–water partition coefficient (Wildman–Crippen LogP) is 1.46. The number of aliphatic hydroxyl groups is 1. The van der Waals surface area contributed by atoms with Gasteiger partial charge in [-0.3, -0.25) is 19.5 Å². The maximum absolute atomic E-state index is 13.2. The highest BCUT2D eigenvalue weighted by molar-refractivity contribution is 5.98. The van der Waals surface area contributed by atoms with Crippen LogP contribution in [-0.4, -0.2) is 59.0 Å². The Labute approximate surface area is 215 Å². The molecular formula is C26H34N6O5. The molecule has 0 saturated carbocycles. The van der Waals surface area contributed by atoms with Crippen molar-refractivity contribution in [2.45, 2.75) is 51.0 Å². The predicted molar refractivity (Wildman–Crippen MR) is 139 cm³/mol. The number of nitrogens with zero attached hydrogens (tertiary/aromatic N) is 2. The van der Waals surface area contributed by atoms with Gasteiger partial charge in [0, 0.05) is 18.8 Å². The highest BCUT2D eigenvalue weighted by Crippen LogP contribution is 2.20. The number of ether oxygens (including phenoxy) is 1. The number of amides is 3. The van der Waals surface area contributed by atoms with Crippen LogP contribution in [0.5, 0.6) is 0 Å². The summed E-state index contributed by atoms with van der Waals surface area (Å²) in [6, 6.07) is 14.4. The van der Waals surface area contributed by atoms with E-state index in [4.69, 9.17) is 16.2 Å². The van der Waals surface area contributed by atoms with Gasteiger partial charge < -0.3 is 31.9 Å². The summed E-state index contributed by atoms with van der Waals surface area (Å²) in [6.07, 6.45) is 1.29. The zero-order valence-electron chi connectivity index (χ0n) is 20.6. The Balaban J connectivity index is 1.63. The number of aliphatic hydroxyl groups excluding tert-OH is 1. The molecule has 1 aliphatic rings. The number of guanidine groups is 1. The van der Waals surface area contributed by atoms with Crippen LogP contribution < -0.4 is 22.1 Å². The van der Waals surface area contributed by atoms with Crippen LogP contribution in [0.2, 0.25) is 0 Å². The van der Waals surface area contributed by atoms with Gasteiger partial charge in [0.05, 0.1) is 6.61 Å². The van der Waals surface area contributed by atoms with Crippen LogP contribution in [-0.2, 0) is 27.5 Å². The van der Waals surface area contributed by atoms with E-state index in [-0.39, 0.29) is 25.6 Å². The smallest absolute Gasteiger partial charge is 0.410 e. The van der Waals surface area contributed by atoms with Gasteiger partial charge in [0.15, 0.2) is 5.96 Å². The van der Waals surface area contributed by atoms with Crippen LogP contribution in [0.3, 0.4) is 0 Å². The molecule has 11 heteroatoms. The second-order valence-electron chi connectivity index (χ2n) is 8.75. The molecule has 2 aromatic rings. The summed E-state index contributed by atoms with van der Waals surface area (Å²) in [5.74, 6) is -0.887. The Hall–Kier alpha value is -4.12. The fraction of sp³-hybridized carbons (Fsp3) is 0.385. The SMILES string of the molecule is NC(N)=NCCCC(NC(=O)C1CCCN1C(=O)OCc1ccccc1)C(=O)Nc1ccc(CO)cc1. The minimum Gasteiger partial charge on any atom is -0.445 e. The van der Waals surface area contributed by atoms with Crippen molar-refractivity contribution in [2.75, 3.05) is 18.4 Å². The van der Waals surface area contributed by atoms with Gasteiger partial charge in [-0.15, -0.1) is 0 Å². The Kier molecular flexibility index (Phi) is 10.3. The van der Waals surface area contributed by atoms with Crippen molar-refractivity contribution in [1.29, 1.82) is 0 Å². The summed E-state index contributed by atoms with van der Waals surface area (Å²) in [5, 5.41) is 14.8. The first-order valence-electron chi connectivity index (χ1n) is 12.2. The molecule has 2 aromatic carbocycles. The Bertz CT molecular complexity index is 1070. The number of carbonyl (C=O) groups is 3. The van der Waals surface area contributed by atoms with Crippen molar-refractivity contribution in [3.63, 3.8) is 0 Å². The third-order valence-corrected chi connectivity index (χ3v) is 5.98. The van der Waals surface area contributed by atoms with E-state index >= 15 is 0 Å². The molecule has 1 aliphatic heterocycles. The number of nitrogens with two attached hydrogens (primary N) is 2. The molecule has 198 valence electrons. The third kappa shape index (κ3) is 8.50. The van der Waals surface area contributed by atoms with Crippen LogP contribution in [0.25, 0.3) is 0 Å². The standard InChI is InChI=1S/C26H34N6O5/c27-25(28)29-14-4-8-21(23(34)30-20-12-10-18(16-33)11-13-20)31-24(35)22-9-5-15-32(22)26(36)37-17-19-6-2-1-3-7-19/h1-3,6-7,10-13,21-22,33H,4-5,8-9,14-17H2,(H,30,34)(H,31,35)(H4,27,28,29). The Morgan fingerprint density at radius 1 is 1.08 bits per heavy atom. The van der Waals surface area contributed by atoms with Gasteiger partial charge in [0.1, 0.15) is 18.7 Å². The van der Waals surface area contributed by atoms with E-state index in [0.717, 1.165) is 5.56 Å². The molecule has 11 nitrogen and oxygen atoms in total. The number of anilines is 1. The first-order chi connectivity index (χ1) is 17.9. The molecule has 1 heterocycles. The van der Waals surface area contributed by atoms with E-state index in [1.54, 1.807) is 24.3 Å². The third-order valence-electron chi connectivity index (χ3n) is 5.98. The van der Waals surface area contributed by atoms with E-state index in [9.17, 15) is 19.5 Å². The molecule has 0 spiro atoms. The molecule has 2 unspecified atom stereocenters. The van der Waals surface area contributed by atoms with E-state index in [1.807, 2.05) is 30.3 Å². The molecule has 0 aliphatic carbocycles. The first-order valence-corrected chi connectivity index (χ1v) is 12.2. The zero-order valence-corrected chi connectivity index (χ0v) is 20.6. The highest BCUT2D eigenvalue weighted by Gasteiger charge is 2.36. The summed E-state index contributed by atoms with van der Waals surface area (Å²) in [7, 11) is 0. The zero-order chi connectivity index (χ0) is 26.6. The largest absolute Gasteiger partial charge is 0.445 e. The lowest BCUT2D eigenvalue weighted by Gasteiger charge is -2.26. The van der Waals surface area contributed by atoms with Crippen molar-refractivity contribution >= 4 is 29.6 Å². The van der Waals surface area contributed by atoms with Crippen molar-refractivity contribution in [3.8, 4) is 0 Å². The number of benzene rings is 2. The van der Waals surface area contributed by atoms with Gasteiger partial charge in [-0.2, -0.15) is 0 Å². The number of aliphatic imine (C=N–C) groups is 1. The fourth-order valence-electron chi connectivity index (χ4n) is 4.02. The van der Waals surface area contributed by atoms with E-state index in [1.165, 1.54) is 4.90 Å². The molecule has 7 N–H and O–H groups in total. The van der Waals surface area contributed by atoms with Gasteiger partial charge in [0.25, 0.3) is 0 Å². The van der Waals surface area contributed by atoms with E-state index in [0.29, 0.717) is 43.6 Å². The summed E-state index contributed by atoms with van der Waals surface area (Å²) in [6.45, 7) is 0.692. The topological polar surface area (TPSA) is 172 Å². The minimum absolute atomic E-state index is 0.0513. The molecule has 1 saturated heterocycles. The minimum atomic E-state index is -0.873. The quantitative estimate of drug-likeness (QED) is 0.173. The molecule has 2 atom stereocenters. The Morgan fingerprint density at radius 2 is 1.81 bits per heavy atom. The van der Waals surface area contributed by atoms with Gasteiger partial charge in [0.2, 0.25) is 11.8 Å². The molecule has 0 bridgehead atoms. The lowest BCUT2D eigenvalue weighted by atomic mass is 10.1. The number of nitrogens with one attached hydrogen (secondary N) is 2. The average Bonchev–Trinajstić information content (AvgIpc) is 3.40. The monoisotopic (exact) mass is 510 g/mol. The normalized spacial score (nSPS) is 15.5. The molecule has 37 heavy (non-hydrogen) atoms. The van der Waals surface area contributed by atoms with Crippen LogP contribution in [0.15, 0.2) is 59.6 Å². The number of rotatable bonds is 11. The number of hydrogen-bond acceptors (Lipinski definition) is 6. The second kappa shape index (κ2) is 13.8. The first kappa shape index (κ1) is 27.5. The number of hydrogen-bond donors (Lipinski definition) is 5. The number of likely N-dealkylation sites (tertiary alicyclic amines) is 1. The summed E-state index contributed by atoms with van der Waals surface area (Å²) in [4.78, 5) is 44.3. The maximum atomic E-state index is 13.2. The van der Waals surface area contributed by atoms with E-state index < -0.39 is 30.0 Å². The molecular weight excluding hydrogens is 476 g/mol. The second-order valence-corrected chi connectivity index (χ2v) is 8.75. The van der Waals surface area contributed by atoms with Crippen molar-refractivity contribution < 1.29 is 24.2 Å². The summed E-state index contributed by atoms with van der Waals surface area (Å²) >= 11 is 0. The summed E-state index contributed by atoms with van der Waals surface area (Å²) < 4.78 is 5.42. The van der Waals surface area contributed by atoms with Crippen LogP contribution in [0, 0.1) is 0 Å². The van der Waals surface area contributed by atoms with Crippen molar-refractivity contribution in [1.82, 2.24) is 10.2 Å². The lowest BCUT2D eigenvalue weighted by molar-refractivity contribution is -0.129. The average molecular weight is 511 g/mol. The van der Waals surface area contributed by atoms with Crippen LogP contribution in [0.4, 0.5) is 10.5 Å². The highest BCUT2D eigenvalue weighted by atomic mass is 16.6. The van der Waals surface area contributed by atoms with Gasteiger partial charge in [-0.25, -0.2) is 4.79 Å². The fourth-order valence-corrected chi connectivity index (χ4v) is 4.02. The lowest BCUT2D eigenvalue weighted by Crippen LogP contribution is -2.52. The van der Waals surface area contributed by atoms with Crippen LogP contribution >= 0.6 is 0 Å². The molecule has 0 aromatic heterocycles. The van der Waals surface area contributed by atoms with Gasteiger partial charge in [-0.1, -0.05) is 42.5 Å². The van der Waals surface area contributed by atoms with Crippen molar-refractivity contribution in [3.05, 3.63) is 65.7 Å².